The van der Waals surface area contributed by atoms with Gasteiger partial charge in [-0.15, -0.1) is 0 Å². The molecule has 0 heterocycles. The fraction of sp³-hybridized carbons (Fsp3) is 0.864. The maximum atomic E-state index is 13.0. The summed E-state index contributed by atoms with van der Waals surface area (Å²) in [6.07, 6.45) is 65.3. The van der Waals surface area contributed by atoms with Crippen LogP contribution >= 0.6 is 7.82 Å². The van der Waals surface area contributed by atoms with Crippen LogP contribution < -0.4 is 0 Å². The van der Waals surface area contributed by atoms with Crippen LogP contribution in [0.2, 0.25) is 0 Å². The first-order valence-corrected chi connectivity index (χ1v) is 34.4. The molecule has 78 heavy (non-hydrogen) atoms. The van der Waals surface area contributed by atoms with Crippen molar-refractivity contribution in [3.05, 3.63) is 36.5 Å². The second-order valence-electron chi connectivity index (χ2n) is 22.3. The summed E-state index contributed by atoms with van der Waals surface area (Å²) in [5.74, 6) is -1.45. The van der Waals surface area contributed by atoms with Gasteiger partial charge in [0.05, 0.1) is 19.8 Å². The summed E-state index contributed by atoms with van der Waals surface area (Å²) in [5.41, 5.74) is 0. The average Bonchev–Trinajstić information content (AvgIpc) is 3.43. The van der Waals surface area contributed by atoms with Gasteiger partial charge in [-0.3, -0.25) is 23.4 Å². The van der Waals surface area contributed by atoms with Gasteiger partial charge in [0.15, 0.2) is 6.10 Å². The van der Waals surface area contributed by atoms with Crippen molar-refractivity contribution in [3.8, 4) is 0 Å². The van der Waals surface area contributed by atoms with Crippen LogP contribution in [0.15, 0.2) is 36.5 Å². The molecule has 0 aliphatic carbocycles. The molecule has 0 aromatic rings. The van der Waals surface area contributed by atoms with Gasteiger partial charge < -0.3 is 24.2 Å². The predicted molar refractivity (Wildman–Crippen MR) is 326 cm³/mol. The number of ether oxygens (including phenoxy) is 3. The van der Waals surface area contributed by atoms with Crippen LogP contribution in [0.4, 0.5) is 0 Å². The van der Waals surface area contributed by atoms with Crippen LogP contribution in [0.1, 0.15) is 329 Å². The van der Waals surface area contributed by atoms with E-state index in [1.54, 1.807) is 0 Å². The van der Waals surface area contributed by atoms with Crippen LogP contribution in [-0.2, 0) is 42.2 Å². The van der Waals surface area contributed by atoms with E-state index in [2.05, 4.69) is 57.2 Å². The number of aliphatic hydroxyl groups is 1. The van der Waals surface area contributed by atoms with Crippen molar-refractivity contribution in [1.29, 1.82) is 0 Å². The topological polar surface area (TPSA) is 155 Å². The van der Waals surface area contributed by atoms with Crippen molar-refractivity contribution >= 4 is 25.7 Å². The first-order chi connectivity index (χ1) is 38.2. The normalized spacial score (nSPS) is 13.4. The van der Waals surface area contributed by atoms with Gasteiger partial charge >= 0.3 is 25.7 Å². The molecule has 0 aliphatic heterocycles. The number of rotatable bonds is 62. The second-order valence-corrected chi connectivity index (χ2v) is 23.7. The number of esters is 3. The Hall–Kier alpha value is -2.30. The molecule has 0 bridgehead atoms. The predicted octanol–water partition coefficient (Wildman–Crippen LogP) is 19.9. The van der Waals surface area contributed by atoms with E-state index in [0.717, 1.165) is 83.5 Å². The quantitative estimate of drug-likeness (QED) is 0.0197. The monoisotopic (exact) mass is 1120 g/mol. The van der Waals surface area contributed by atoms with Crippen LogP contribution in [-0.4, -0.2) is 66.5 Å². The number of allylic oxidation sites excluding steroid dienone is 6. The molecular weight excluding hydrogens is 1000 g/mol. The molecule has 0 aromatic carbocycles. The van der Waals surface area contributed by atoms with Gasteiger partial charge in [0.25, 0.3) is 0 Å². The lowest BCUT2D eigenvalue weighted by atomic mass is 10.0. The second kappa shape index (κ2) is 60.8. The Morgan fingerprint density at radius 2 is 0.654 bits per heavy atom. The lowest BCUT2D eigenvalue weighted by Crippen LogP contribution is -2.30. The number of aliphatic hydroxyl groups excluding tert-OH is 1. The highest BCUT2D eigenvalue weighted by Gasteiger charge is 2.28. The van der Waals surface area contributed by atoms with Gasteiger partial charge in [0.2, 0.25) is 0 Å². The zero-order chi connectivity index (χ0) is 56.9. The summed E-state index contributed by atoms with van der Waals surface area (Å²) in [6, 6.07) is 0. The van der Waals surface area contributed by atoms with Crippen LogP contribution in [0, 0.1) is 0 Å². The van der Waals surface area contributed by atoms with Gasteiger partial charge in [-0.05, 0) is 70.6 Å². The number of hydrogen-bond acceptors (Lipinski definition) is 10. The number of phosphoric ester groups is 1. The van der Waals surface area contributed by atoms with E-state index in [0.29, 0.717) is 19.3 Å². The largest absolute Gasteiger partial charge is 0.472 e. The van der Waals surface area contributed by atoms with Gasteiger partial charge in [-0.1, -0.05) is 276 Å². The lowest BCUT2D eigenvalue weighted by molar-refractivity contribution is -0.161. The summed E-state index contributed by atoms with van der Waals surface area (Å²) < 4.78 is 39.7. The molecule has 0 spiro atoms. The Morgan fingerprint density at radius 1 is 0.359 bits per heavy atom. The molecule has 0 radical (unpaired) electrons. The fourth-order valence-corrected chi connectivity index (χ4v) is 10.3. The molecule has 0 fully saturated rings. The Kier molecular flexibility index (Phi) is 59.0. The van der Waals surface area contributed by atoms with Crippen molar-refractivity contribution in [3.63, 3.8) is 0 Å². The molecule has 0 amide bonds. The van der Waals surface area contributed by atoms with Crippen molar-refractivity contribution < 1.29 is 52.2 Å². The maximum Gasteiger partial charge on any atom is 0.472 e. The van der Waals surface area contributed by atoms with Gasteiger partial charge in [-0.25, -0.2) is 4.57 Å². The third-order valence-corrected chi connectivity index (χ3v) is 15.5. The van der Waals surface area contributed by atoms with Crippen LogP contribution in [0.25, 0.3) is 0 Å². The molecule has 458 valence electrons. The highest BCUT2D eigenvalue weighted by Crippen LogP contribution is 2.43. The Bertz CT molecular complexity index is 1450. The van der Waals surface area contributed by atoms with Crippen LogP contribution in [0.3, 0.4) is 0 Å². The minimum atomic E-state index is -4.75. The number of carbonyl (C=O) groups is 3. The van der Waals surface area contributed by atoms with E-state index in [1.165, 1.54) is 186 Å². The third kappa shape index (κ3) is 58.4. The molecule has 0 saturated carbocycles. The van der Waals surface area contributed by atoms with Crippen molar-refractivity contribution in [2.24, 2.45) is 0 Å². The highest BCUT2D eigenvalue weighted by molar-refractivity contribution is 7.47. The van der Waals surface area contributed by atoms with Crippen molar-refractivity contribution in [1.82, 2.24) is 0 Å². The Balaban J connectivity index is 4.66. The zero-order valence-corrected chi connectivity index (χ0v) is 51.8. The van der Waals surface area contributed by atoms with Gasteiger partial charge in [0.1, 0.15) is 12.7 Å². The molecule has 3 unspecified atom stereocenters. The molecule has 0 saturated heterocycles. The minimum Gasteiger partial charge on any atom is -0.462 e. The smallest absolute Gasteiger partial charge is 0.462 e. The van der Waals surface area contributed by atoms with Crippen LogP contribution in [0.5, 0.6) is 0 Å². The number of carbonyl (C=O) groups excluding carboxylic acids is 3. The molecule has 12 heteroatoms. The molecule has 3 atom stereocenters. The third-order valence-electron chi connectivity index (χ3n) is 14.5. The molecule has 0 rings (SSSR count). The van der Waals surface area contributed by atoms with E-state index < -0.39 is 57.8 Å². The summed E-state index contributed by atoms with van der Waals surface area (Å²) in [5, 5.41) is 9.83. The summed E-state index contributed by atoms with van der Waals surface area (Å²) >= 11 is 0. The van der Waals surface area contributed by atoms with Gasteiger partial charge in [-0.2, -0.15) is 0 Å². The zero-order valence-electron chi connectivity index (χ0n) is 50.9. The molecule has 11 nitrogen and oxygen atoms in total. The van der Waals surface area contributed by atoms with Crippen molar-refractivity contribution in [2.45, 2.75) is 341 Å². The summed E-state index contributed by atoms with van der Waals surface area (Å²) in [7, 11) is -4.75. The van der Waals surface area contributed by atoms with E-state index in [1.807, 2.05) is 0 Å². The first-order valence-electron chi connectivity index (χ1n) is 32.9. The molecule has 0 aromatic heterocycles. The molecule has 2 N–H and O–H groups in total. The molecular formula is C66H123O11P. The van der Waals surface area contributed by atoms with E-state index in [-0.39, 0.29) is 25.9 Å². The average molecular weight is 1120 g/mol. The van der Waals surface area contributed by atoms with Gasteiger partial charge in [0, 0.05) is 19.3 Å². The number of unbranched alkanes of at least 4 members (excludes halogenated alkanes) is 39. The lowest BCUT2D eigenvalue weighted by Gasteiger charge is -2.21. The van der Waals surface area contributed by atoms with Crippen molar-refractivity contribution in [2.75, 3.05) is 26.4 Å². The summed E-state index contributed by atoms with van der Waals surface area (Å²) in [6.45, 7) is 4.63. The first kappa shape index (κ1) is 75.7. The molecule has 0 aliphatic rings. The van der Waals surface area contributed by atoms with E-state index in [4.69, 9.17) is 23.3 Å². The summed E-state index contributed by atoms with van der Waals surface area (Å²) in [4.78, 5) is 48.7. The van der Waals surface area contributed by atoms with E-state index in [9.17, 15) is 28.9 Å². The van der Waals surface area contributed by atoms with E-state index >= 15 is 0 Å². The standard InChI is InChI=1S/C66H123O11P/c1-4-7-10-13-16-19-22-25-27-29-31-33-35-38-40-43-46-49-52-55-64(68)73-59-63(77-66(70)57-54-51-48-45-42-39-36-34-32-30-28-26-23-20-17-14-11-8-5-2)61-75-78(71,72)74-60-62(58-67)76-65(69)56-53-50-47-44-41-37-24-21-18-15-12-9-6-3/h12,15,21,24,26,28,62-63,67H,4-11,13-14,16-20,22-23,25,27,29-61H2,1-3H3,(H,71,72)/b15-12-,24-21-,28-26-. The number of hydrogen-bond donors (Lipinski definition) is 2. The minimum absolute atomic E-state index is 0.164. The number of phosphoric acid groups is 1. The Morgan fingerprint density at radius 3 is 1.01 bits per heavy atom. The maximum absolute atomic E-state index is 13.0. The fourth-order valence-electron chi connectivity index (χ4n) is 9.51. The Labute approximate surface area is 480 Å². The highest BCUT2D eigenvalue weighted by atomic mass is 31.2. The SMILES string of the molecule is CCC/C=C\C/C=C\CCCCCCCC(=O)OC(CO)COP(=O)(O)OCC(COC(=O)CCCCCCCCCCCCCCCCCCCCC)OC(=O)CCCCCCCCCCC/C=C\CCCCCCCC.